The Morgan fingerprint density at radius 2 is 1.67 bits per heavy atom. The zero-order valence-electron chi connectivity index (χ0n) is 12.4. The van der Waals surface area contributed by atoms with Crippen molar-refractivity contribution in [1.82, 2.24) is 0 Å². The number of benzene rings is 1. The summed E-state index contributed by atoms with van der Waals surface area (Å²) in [5.74, 6) is 1.71. The molecule has 0 aliphatic carbocycles. The highest BCUT2D eigenvalue weighted by atomic mass is 16.5. The van der Waals surface area contributed by atoms with Crippen molar-refractivity contribution in [1.29, 1.82) is 0 Å². The quantitative estimate of drug-likeness (QED) is 0.755. The van der Waals surface area contributed by atoms with Gasteiger partial charge in [-0.3, -0.25) is 0 Å². The lowest BCUT2D eigenvalue weighted by atomic mass is 10.0. The van der Waals surface area contributed by atoms with Gasteiger partial charge in [-0.2, -0.15) is 0 Å². The number of para-hydroxylation sites is 2. The molecule has 0 heterocycles. The number of hydrogen-bond donors (Lipinski definition) is 1. The van der Waals surface area contributed by atoms with E-state index in [1.54, 1.807) is 0 Å². The molecule has 1 unspecified atom stereocenters. The van der Waals surface area contributed by atoms with E-state index in [2.05, 4.69) is 46.0 Å². The van der Waals surface area contributed by atoms with Gasteiger partial charge in [0.1, 0.15) is 5.75 Å². The van der Waals surface area contributed by atoms with Crippen molar-refractivity contribution < 1.29 is 4.74 Å². The largest absolute Gasteiger partial charge is 0.489 e. The van der Waals surface area contributed by atoms with Crippen molar-refractivity contribution in [2.75, 3.05) is 5.32 Å². The van der Waals surface area contributed by atoms with Gasteiger partial charge in [-0.15, -0.1) is 0 Å². The number of anilines is 1. The summed E-state index contributed by atoms with van der Waals surface area (Å²) in [6.45, 7) is 10.9. The van der Waals surface area contributed by atoms with Crippen LogP contribution in [0.1, 0.15) is 47.5 Å². The molecular formula is C16H27NO. The fourth-order valence-corrected chi connectivity index (χ4v) is 1.86. The van der Waals surface area contributed by atoms with Crippen molar-refractivity contribution in [3.05, 3.63) is 24.3 Å². The van der Waals surface area contributed by atoms with Crippen LogP contribution in [0.25, 0.3) is 0 Å². The van der Waals surface area contributed by atoms with Gasteiger partial charge in [0.25, 0.3) is 0 Å². The number of ether oxygens (including phenoxy) is 1. The van der Waals surface area contributed by atoms with Gasteiger partial charge in [-0.05, 0) is 51.7 Å². The predicted molar refractivity (Wildman–Crippen MR) is 79.4 cm³/mol. The van der Waals surface area contributed by atoms with E-state index in [1.807, 2.05) is 18.2 Å². The highest BCUT2D eigenvalue weighted by Crippen LogP contribution is 2.26. The van der Waals surface area contributed by atoms with Gasteiger partial charge < -0.3 is 10.1 Å². The third kappa shape index (κ3) is 5.44. The molecular weight excluding hydrogens is 222 g/mol. The van der Waals surface area contributed by atoms with Crippen LogP contribution in [0, 0.1) is 5.92 Å². The SMILES string of the molecule is CC(C)CCC(C)Nc1ccccc1OC(C)C. The minimum Gasteiger partial charge on any atom is -0.489 e. The van der Waals surface area contributed by atoms with Crippen LogP contribution in [0.2, 0.25) is 0 Å². The van der Waals surface area contributed by atoms with Crippen molar-refractivity contribution in [2.24, 2.45) is 5.92 Å². The van der Waals surface area contributed by atoms with E-state index < -0.39 is 0 Å². The molecule has 102 valence electrons. The molecule has 2 nitrogen and oxygen atoms in total. The molecule has 0 aromatic heterocycles. The van der Waals surface area contributed by atoms with E-state index in [1.165, 1.54) is 12.8 Å². The second kappa shape index (κ2) is 7.30. The maximum absolute atomic E-state index is 5.81. The van der Waals surface area contributed by atoms with E-state index in [4.69, 9.17) is 4.74 Å². The average molecular weight is 249 g/mol. The second-order valence-corrected chi connectivity index (χ2v) is 5.68. The molecule has 0 spiro atoms. The Labute approximate surface area is 112 Å². The van der Waals surface area contributed by atoms with Crippen LogP contribution < -0.4 is 10.1 Å². The first-order valence-corrected chi connectivity index (χ1v) is 7.01. The third-order valence-corrected chi connectivity index (χ3v) is 2.83. The van der Waals surface area contributed by atoms with Gasteiger partial charge in [-0.25, -0.2) is 0 Å². The first-order chi connectivity index (χ1) is 8.49. The standard InChI is InChI=1S/C16H27NO/c1-12(2)10-11-14(5)17-15-8-6-7-9-16(15)18-13(3)4/h6-9,12-14,17H,10-11H2,1-5H3. The molecule has 1 rings (SSSR count). The Bertz CT molecular complexity index is 347. The summed E-state index contributed by atoms with van der Waals surface area (Å²) in [6.07, 6.45) is 2.65. The summed E-state index contributed by atoms with van der Waals surface area (Å²) in [5, 5.41) is 3.55. The Kier molecular flexibility index (Phi) is 6.03. The molecule has 0 aliphatic heterocycles. The average Bonchev–Trinajstić information content (AvgIpc) is 2.28. The minimum atomic E-state index is 0.207. The smallest absolute Gasteiger partial charge is 0.142 e. The molecule has 2 heteroatoms. The topological polar surface area (TPSA) is 21.3 Å². The highest BCUT2D eigenvalue weighted by molar-refractivity contribution is 5.56. The van der Waals surface area contributed by atoms with E-state index in [0.29, 0.717) is 6.04 Å². The van der Waals surface area contributed by atoms with Crippen LogP contribution >= 0.6 is 0 Å². The molecule has 0 saturated carbocycles. The Balaban J connectivity index is 2.60. The molecule has 1 aromatic carbocycles. The van der Waals surface area contributed by atoms with Crippen LogP contribution in [0.5, 0.6) is 5.75 Å². The van der Waals surface area contributed by atoms with Gasteiger partial charge in [0, 0.05) is 6.04 Å². The van der Waals surface area contributed by atoms with Gasteiger partial charge in [0.05, 0.1) is 11.8 Å². The lowest BCUT2D eigenvalue weighted by Crippen LogP contribution is -2.17. The lowest BCUT2D eigenvalue weighted by Gasteiger charge is -2.20. The zero-order chi connectivity index (χ0) is 13.5. The zero-order valence-corrected chi connectivity index (χ0v) is 12.4. The maximum atomic E-state index is 5.81. The molecule has 1 atom stereocenters. The summed E-state index contributed by atoms with van der Waals surface area (Å²) < 4.78 is 5.81. The fraction of sp³-hybridized carbons (Fsp3) is 0.625. The Hall–Kier alpha value is -1.18. The van der Waals surface area contributed by atoms with E-state index in [-0.39, 0.29) is 6.10 Å². The van der Waals surface area contributed by atoms with Crippen LogP contribution in [0.15, 0.2) is 24.3 Å². The molecule has 1 N–H and O–H groups in total. The summed E-state index contributed by atoms with van der Waals surface area (Å²) in [5.41, 5.74) is 1.10. The van der Waals surface area contributed by atoms with Gasteiger partial charge in [-0.1, -0.05) is 26.0 Å². The maximum Gasteiger partial charge on any atom is 0.142 e. The second-order valence-electron chi connectivity index (χ2n) is 5.68. The normalized spacial score (nSPS) is 12.8. The molecule has 0 fully saturated rings. The van der Waals surface area contributed by atoms with Crippen LogP contribution in [0.4, 0.5) is 5.69 Å². The van der Waals surface area contributed by atoms with Crippen molar-refractivity contribution in [3.8, 4) is 5.75 Å². The van der Waals surface area contributed by atoms with Crippen molar-refractivity contribution in [2.45, 2.75) is 59.6 Å². The van der Waals surface area contributed by atoms with E-state index in [9.17, 15) is 0 Å². The summed E-state index contributed by atoms with van der Waals surface area (Å²) in [4.78, 5) is 0. The summed E-state index contributed by atoms with van der Waals surface area (Å²) in [7, 11) is 0. The van der Waals surface area contributed by atoms with E-state index in [0.717, 1.165) is 17.4 Å². The molecule has 1 aromatic rings. The first-order valence-electron chi connectivity index (χ1n) is 7.01. The number of hydrogen-bond acceptors (Lipinski definition) is 2. The first kappa shape index (κ1) is 14.9. The van der Waals surface area contributed by atoms with Crippen molar-refractivity contribution >= 4 is 5.69 Å². The van der Waals surface area contributed by atoms with Gasteiger partial charge in [0.2, 0.25) is 0 Å². The molecule has 18 heavy (non-hydrogen) atoms. The minimum absolute atomic E-state index is 0.207. The van der Waals surface area contributed by atoms with E-state index >= 15 is 0 Å². The Morgan fingerprint density at radius 3 is 2.28 bits per heavy atom. The lowest BCUT2D eigenvalue weighted by molar-refractivity contribution is 0.243. The van der Waals surface area contributed by atoms with Gasteiger partial charge >= 0.3 is 0 Å². The molecule has 0 amide bonds. The van der Waals surface area contributed by atoms with Crippen LogP contribution in [-0.4, -0.2) is 12.1 Å². The predicted octanol–water partition coefficient (Wildman–Crippen LogP) is 4.71. The molecule has 0 saturated heterocycles. The summed E-state index contributed by atoms with van der Waals surface area (Å²) in [6, 6.07) is 8.65. The fourth-order valence-electron chi connectivity index (χ4n) is 1.86. The van der Waals surface area contributed by atoms with Gasteiger partial charge in [0.15, 0.2) is 0 Å². The van der Waals surface area contributed by atoms with Crippen LogP contribution in [0.3, 0.4) is 0 Å². The monoisotopic (exact) mass is 249 g/mol. The number of rotatable bonds is 7. The highest BCUT2D eigenvalue weighted by Gasteiger charge is 2.08. The Morgan fingerprint density at radius 1 is 1.00 bits per heavy atom. The molecule has 0 aliphatic rings. The van der Waals surface area contributed by atoms with Crippen molar-refractivity contribution in [3.63, 3.8) is 0 Å². The van der Waals surface area contributed by atoms with Crippen LogP contribution in [-0.2, 0) is 0 Å². The summed E-state index contributed by atoms with van der Waals surface area (Å²) >= 11 is 0. The number of nitrogens with one attached hydrogen (secondary N) is 1. The third-order valence-electron chi connectivity index (χ3n) is 2.83. The molecule has 0 radical (unpaired) electrons. The molecule has 0 bridgehead atoms.